The van der Waals surface area contributed by atoms with Gasteiger partial charge in [-0.25, -0.2) is 0 Å². The molecule has 1 atom stereocenters. The Balaban J connectivity index is 1.86. The van der Waals surface area contributed by atoms with E-state index in [1.165, 1.54) is 0 Å². The number of hydrogen-bond donors (Lipinski definition) is 0. The predicted octanol–water partition coefficient (Wildman–Crippen LogP) is 1.75. The van der Waals surface area contributed by atoms with E-state index in [9.17, 15) is 4.79 Å². The number of hydrogen-bond acceptors (Lipinski definition) is 6. The molecular weight excluding hydrogens is 310 g/mol. The van der Waals surface area contributed by atoms with E-state index >= 15 is 0 Å². The molecule has 3 rings (SSSR count). The molecule has 1 aliphatic rings. The molecule has 0 spiro atoms. The van der Waals surface area contributed by atoms with Gasteiger partial charge in [-0.15, -0.1) is 10.2 Å². The summed E-state index contributed by atoms with van der Waals surface area (Å²) in [5.74, 6) is 1.27. The van der Waals surface area contributed by atoms with Crippen LogP contribution in [0.15, 0.2) is 10.6 Å². The van der Waals surface area contributed by atoms with E-state index in [4.69, 9.17) is 9.15 Å². The van der Waals surface area contributed by atoms with Gasteiger partial charge in [0, 0.05) is 25.7 Å². The van der Waals surface area contributed by atoms with E-state index in [1.807, 2.05) is 11.6 Å². The Labute approximate surface area is 140 Å². The van der Waals surface area contributed by atoms with Crippen LogP contribution in [0.3, 0.4) is 0 Å². The standard InChI is InChI=1S/C16H23N5O3/c1-10(2)8-21-11(3)13(7-17-21)16(22)20-5-6-23-9-14(20)15-19-18-12(4)24-15/h7,10,14H,5-6,8-9H2,1-4H3. The third-order valence-corrected chi connectivity index (χ3v) is 4.09. The van der Waals surface area contributed by atoms with Crippen LogP contribution in [-0.2, 0) is 11.3 Å². The Morgan fingerprint density at radius 1 is 1.38 bits per heavy atom. The van der Waals surface area contributed by atoms with Crippen LogP contribution in [0.1, 0.15) is 47.7 Å². The van der Waals surface area contributed by atoms with E-state index in [0.29, 0.717) is 43.0 Å². The second kappa shape index (κ2) is 6.72. The molecule has 0 aliphatic carbocycles. The highest BCUT2D eigenvalue weighted by molar-refractivity contribution is 5.95. The Morgan fingerprint density at radius 2 is 2.17 bits per heavy atom. The monoisotopic (exact) mass is 333 g/mol. The zero-order valence-electron chi connectivity index (χ0n) is 14.5. The van der Waals surface area contributed by atoms with Crippen LogP contribution in [0.4, 0.5) is 0 Å². The van der Waals surface area contributed by atoms with Crippen molar-refractivity contribution in [2.45, 2.75) is 40.3 Å². The molecule has 0 aromatic carbocycles. The minimum Gasteiger partial charge on any atom is -0.423 e. The fourth-order valence-electron chi connectivity index (χ4n) is 2.84. The van der Waals surface area contributed by atoms with Gasteiger partial charge in [0.1, 0.15) is 6.04 Å². The summed E-state index contributed by atoms with van der Waals surface area (Å²) in [5, 5.41) is 12.3. The van der Waals surface area contributed by atoms with Crippen molar-refractivity contribution in [3.63, 3.8) is 0 Å². The Hall–Kier alpha value is -2.22. The van der Waals surface area contributed by atoms with Crippen LogP contribution in [0.5, 0.6) is 0 Å². The van der Waals surface area contributed by atoms with Gasteiger partial charge in [-0.05, 0) is 12.8 Å². The maximum atomic E-state index is 13.0. The first-order valence-corrected chi connectivity index (χ1v) is 8.18. The Bertz CT molecular complexity index is 721. The molecule has 1 aliphatic heterocycles. The average molecular weight is 333 g/mol. The molecule has 8 nitrogen and oxygen atoms in total. The summed E-state index contributed by atoms with van der Waals surface area (Å²) in [6.07, 6.45) is 1.64. The van der Waals surface area contributed by atoms with Crippen LogP contribution < -0.4 is 0 Å². The minimum absolute atomic E-state index is 0.0772. The van der Waals surface area contributed by atoms with Crippen molar-refractivity contribution in [2.24, 2.45) is 5.92 Å². The lowest BCUT2D eigenvalue weighted by Gasteiger charge is -2.33. The fraction of sp³-hybridized carbons (Fsp3) is 0.625. The smallest absolute Gasteiger partial charge is 0.258 e. The van der Waals surface area contributed by atoms with Crippen molar-refractivity contribution < 1.29 is 13.9 Å². The van der Waals surface area contributed by atoms with Gasteiger partial charge >= 0.3 is 0 Å². The van der Waals surface area contributed by atoms with Crippen molar-refractivity contribution in [3.8, 4) is 0 Å². The second-order valence-electron chi connectivity index (χ2n) is 6.47. The lowest BCUT2D eigenvalue weighted by molar-refractivity contribution is -0.0107. The lowest BCUT2D eigenvalue weighted by atomic mass is 10.1. The number of morpholine rings is 1. The van der Waals surface area contributed by atoms with E-state index in [2.05, 4.69) is 29.1 Å². The number of rotatable bonds is 4. The molecular formula is C16H23N5O3. The van der Waals surface area contributed by atoms with Crippen LogP contribution in [0.25, 0.3) is 0 Å². The normalized spacial score (nSPS) is 18.4. The fourth-order valence-corrected chi connectivity index (χ4v) is 2.84. The largest absolute Gasteiger partial charge is 0.423 e. The first-order chi connectivity index (χ1) is 11.5. The van der Waals surface area contributed by atoms with Gasteiger partial charge in [0.2, 0.25) is 11.8 Å². The van der Waals surface area contributed by atoms with Crippen LogP contribution in [0.2, 0.25) is 0 Å². The molecule has 2 aromatic rings. The SMILES string of the molecule is Cc1nnc(C2COCCN2C(=O)c2cnn(CC(C)C)c2C)o1. The summed E-state index contributed by atoms with van der Waals surface area (Å²) < 4.78 is 12.9. The highest BCUT2D eigenvalue weighted by Crippen LogP contribution is 2.26. The Morgan fingerprint density at radius 3 is 2.83 bits per heavy atom. The predicted molar refractivity (Wildman–Crippen MR) is 85.4 cm³/mol. The highest BCUT2D eigenvalue weighted by Gasteiger charge is 2.34. The van der Waals surface area contributed by atoms with Gasteiger partial charge in [0.15, 0.2) is 0 Å². The zero-order valence-corrected chi connectivity index (χ0v) is 14.5. The highest BCUT2D eigenvalue weighted by atomic mass is 16.5. The van der Waals surface area contributed by atoms with E-state index < -0.39 is 0 Å². The number of nitrogens with zero attached hydrogens (tertiary/aromatic N) is 5. The van der Waals surface area contributed by atoms with Crippen molar-refractivity contribution in [1.82, 2.24) is 24.9 Å². The number of carbonyl (C=O) groups excluding carboxylic acids is 1. The number of amides is 1. The molecule has 8 heteroatoms. The van der Waals surface area contributed by atoms with E-state index in [0.717, 1.165) is 12.2 Å². The maximum Gasteiger partial charge on any atom is 0.258 e. The van der Waals surface area contributed by atoms with E-state index in [-0.39, 0.29) is 11.9 Å². The summed E-state index contributed by atoms with van der Waals surface area (Å²) in [5.41, 5.74) is 1.49. The zero-order chi connectivity index (χ0) is 17.3. The van der Waals surface area contributed by atoms with Gasteiger partial charge in [-0.2, -0.15) is 5.10 Å². The number of carbonyl (C=O) groups is 1. The van der Waals surface area contributed by atoms with Crippen molar-refractivity contribution in [2.75, 3.05) is 19.8 Å². The molecule has 1 unspecified atom stereocenters. The van der Waals surface area contributed by atoms with Gasteiger partial charge in [-0.3, -0.25) is 9.48 Å². The van der Waals surface area contributed by atoms with Crippen LogP contribution >= 0.6 is 0 Å². The molecule has 1 amide bonds. The summed E-state index contributed by atoms with van der Waals surface area (Å²) in [4.78, 5) is 14.8. The summed E-state index contributed by atoms with van der Waals surface area (Å²) >= 11 is 0. The average Bonchev–Trinajstić information content (AvgIpc) is 3.13. The number of aryl methyl sites for hydroxylation is 1. The molecule has 0 radical (unpaired) electrons. The molecule has 3 heterocycles. The molecule has 2 aromatic heterocycles. The Kier molecular flexibility index (Phi) is 4.66. The van der Waals surface area contributed by atoms with Crippen LogP contribution in [-0.4, -0.2) is 50.5 Å². The molecule has 130 valence electrons. The lowest BCUT2D eigenvalue weighted by Crippen LogP contribution is -2.43. The van der Waals surface area contributed by atoms with Gasteiger partial charge < -0.3 is 14.1 Å². The minimum atomic E-state index is -0.361. The van der Waals surface area contributed by atoms with Crippen LogP contribution in [0, 0.1) is 19.8 Å². The number of aromatic nitrogens is 4. The quantitative estimate of drug-likeness (QED) is 0.847. The van der Waals surface area contributed by atoms with E-state index in [1.54, 1.807) is 18.0 Å². The molecule has 24 heavy (non-hydrogen) atoms. The van der Waals surface area contributed by atoms with Crippen molar-refractivity contribution in [3.05, 3.63) is 29.2 Å². The second-order valence-corrected chi connectivity index (χ2v) is 6.47. The first-order valence-electron chi connectivity index (χ1n) is 8.18. The molecule has 0 saturated carbocycles. The van der Waals surface area contributed by atoms with Gasteiger partial charge in [0.25, 0.3) is 5.91 Å². The van der Waals surface area contributed by atoms with Crippen molar-refractivity contribution >= 4 is 5.91 Å². The molecule has 1 saturated heterocycles. The molecule has 1 fully saturated rings. The topological polar surface area (TPSA) is 86.3 Å². The third-order valence-electron chi connectivity index (χ3n) is 4.09. The summed E-state index contributed by atoms with van der Waals surface area (Å²) in [6, 6.07) is -0.361. The molecule has 0 N–H and O–H groups in total. The number of ether oxygens (including phenoxy) is 1. The third kappa shape index (κ3) is 3.19. The van der Waals surface area contributed by atoms with Gasteiger partial charge in [0.05, 0.1) is 25.0 Å². The first kappa shape index (κ1) is 16.6. The summed E-state index contributed by atoms with van der Waals surface area (Å²) in [6.45, 7) is 10.0. The molecule has 0 bridgehead atoms. The summed E-state index contributed by atoms with van der Waals surface area (Å²) in [7, 11) is 0. The maximum absolute atomic E-state index is 13.0. The van der Waals surface area contributed by atoms with Gasteiger partial charge in [-0.1, -0.05) is 13.8 Å². The van der Waals surface area contributed by atoms with Crippen molar-refractivity contribution in [1.29, 1.82) is 0 Å².